The lowest BCUT2D eigenvalue weighted by Crippen LogP contribution is -2.48. The topological polar surface area (TPSA) is 51.5 Å². The summed E-state index contributed by atoms with van der Waals surface area (Å²) in [6, 6.07) is 1.72. The van der Waals surface area contributed by atoms with Gasteiger partial charge in [0.1, 0.15) is 11.4 Å². The third-order valence-corrected chi connectivity index (χ3v) is 5.39. The molecule has 4 heteroatoms. The van der Waals surface area contributed by atoms with Gasteiger partial charge in [0.25, 0.3) is 5.56 Å². The van der Waals surface area contributed by atoms with E-state index in [1.165, 1.54) is 6.20 Å². The van der Waals surface area contributed by atoms with Gasteiger partial charge in [-0.1, -0.05) is 20.8 Å². The monoisotopic (exact) mass is 277 g/mol. The summed E-state index contributed by atoms with van der Waals surface area (Å²) in [4.78, 5) is 12.3. The van der Waals surface area contributed by atoms with Gasteiger partial charge in [-0.3, -0.25) is 4.79 Å². The highest BCUT2D eigenvalue weighted by Gasteiger charge is 2.50. The summed E-state index contributed by atoms with van der Waals surface area (Å²) in [6.45, 7) is 8.81. The predicted octanol–water partition coefficient (Wildman–Crippen LogP) is 3.02. The Morgan fingerprint density at radius 1 is 1.40 bits per heavy atom. The molecule has 2 heterocycles. The molecule has 0 radical (unpaired) electrons. The lowest BCUT2D eigenvalue weighted by atomic mass is 9.70. The standard InChI is InChI=1S/C16H23NO3/c1-9-7-10(2)13-11(3)16(4,8-9)20-12-5-6-17(19)15(18)14(12)13/h5-6,9-11,13,19H,7-8H2,1-4H3/t9-,10-,11+,13+,16-/m0/s1. The maximum Gasteiger partial charge on any atom is 0.290 e. The number of aromatic nitrogens is 1. The number of hydrogen-bond acceptors (Lipinski definition) is 3. The largest absolute Gasteiger partial charge is 0.487 e. The second kappa shape index (κ2) is 4.27. The minimum atomic E-state index is -0.331. The molecular formula is C16H23NO3. The molecule has 1 aliphatic heterocycles. The Labute approximate surface area is 119 Å². The fraction of sp³-hybridized carbons (Fsp3) is 0.688. The molecule has 1 aromatic heterocycles. The van der Waals surface area contributed by atoms with Crippen molar-refractivity contribution < 1.29 is 9.94 Å². The Hall–Kier alpha value is -1.45. The predicted molar refractivity (Wildman–Crippen MR) is 76.4 cm³/mol. The molecule has 0 unspecified atom stereocenters. The van der Waals surface area contributed by atoms with Crippen LogP contribution in [0.2, 0.25) is 0 Å². The van der Waals surface area contributed by atoms with E-state index in [1.807, 2.05) is 0 Å². The molecule has 0 aromatic carbocycles. The van der Waals surface area contributed by atoms with E-state index < -0.39 is 0 Å². The second-order valence-electron chi connectivity index (χ2n) is 6.99. The highest BCUT2D eigenvalue weighted by Crippen LogP contribution is 2.52. The molecule has 1 fully saturated rings. The molecule has 0 amide bonds. The fourth-order valence-corrected chi connectivity index (χ4v) is 4.46. The molecule has 1 aromatic rings. The van der Waals surface area contributed by atoms with Gasteiger partial charge in [-0.05, 0) is 31.6 Å². The van der Waals surface area contributed by atoms with Crippen LogP contribution in [0.5, 0.6) is 5.75 Å². The SMILES string of the molecule is C[C@H]1C[C@H](C)[C@H]2c3c(ccn(O)c3=O)O[C@@](C)(C1)[C@@H]2C. The zero-order valence-electron chi connectivity index (χ0n) is 12.6. The van der Waals surface area contributed by atoms with Crippen LogP contribution >= 0.6 is 0 Å². The Balaban J connectivity index is 2.23. The summed E-state index contributed by atoms with van der Waals surface area (Å²) in [7, 11) is 0. The van der Waals surface area contributed by atoms with E-state index in [2.05, 4.69) is 27.7 Å². The first-order valence-corrected chi connectivity index (χ1v) is 7.47. The summed E-state index contributed by atoms with van der Waals surface area (Å²) in [6.07, 6.45) is 3.48. The quantitative estimate of drug-likeness (QED) is 0.742. The van der Waals surface area contributed by atoms with Gasteiger partial charge in [0.05, 0.1) is 11.8 Å². The Morgan fingerprint density at radius 3 is 2.80 bits per heavy atom. The van der Waals surface area contributed by atoms with Crippen LogP contribution in [0.1, 0.15) is 52.0 Å². The van der Waals surface area contributed by atoms with Crippen molar-refractivity contribution in [3.8, 4) is 5.75 Å². The third-order valence-electron chi connectivity index (χ3n) is 5.39. The highest BCUT2D eigenvalue weighted by atomic mass is 16.5. The van der Waals surface area contributed by atoms with Crippen molar-refractivity contribution in [2.24, 2.45) is 17.8 Å². The van der Waals surface area contributed by atoms with Gasteiger partial charge in [-0.15, -0.1) is 0 Å². The van der Waals surface area contributed by atoms with Gasteiger partial charge in [0, 0.05) is 17.9 Å². The zero-order chi connectivity index (χ0) is 14.7. The molecule has 3 rings (SSSR count). The number of nitrogens with zero attached hydrogens (tertiary/aromatic N) is 1. The first-order chi connectivity index (χ1) is 9.33. The maximum absolute atomic E-state index is 12.3. The van der Waals surface area contributed by atoms with Gasteiger partial charge < -0.3 is 9.94 Å². The van der Waals surface area contributed by atoms with Crippen LogP contribution < -0.4 is 10.3 Å². The Bertz CT molecular complexity index is 594. The molecule has 20 heavy (non-hydrogen) atoms. The summed E-state index contributed by atoms with van der Waals surface area (Å²) >= 11 is 0. The van der Waals surface area contributed by atoms with Crippen LogP contribution in [-0.4, -0.2) is 15.5 Å². The molecule has 4 nitrogen and oxygen atoms in total. The van der Waals surface area contributed by atoms with Crippen molar-refractivity contribution in [3.63, 3.8) is 0 Å². The molecule has 1 aliphatic carbocycles. The molecule has 2 bridgehead atoms. The van der Waals surface area contributed by atoms with Crippen molar-refractivity contribution in [1.82, 2.24) is 4.73 Å². The van der Waals surface area contributed by atoms with E-state index in [9.17, 15) is 10.0 Å². The number of pyridine rings is 1. The van der Waals surface area contributed by atoms with Crippen molar-refractivity contribution >= 4 is 0 Å². The normalized spacial score (nSPS) is 39.6. The van der Waals surface area contributed by atoms with Crippen molar-refractivity contribution in [3.05, 3.63) is 28.2 Å². The minimum absolute atomic E-state index is 0.154. The van der Waals surface area contributed by atoms with Gasteiger partial charge in [0.2, 0.25) is 0 Å². The lowest BCUT2D eigenvalue weighted by molar-refractivity contribution is -0.0108. The van der Waals surface area contributed by atoms with E-state index in [0.717, 1.165) is 12.8 Å². The highest BCUT2D eigenvalue weighted by molar-refractivity contribution is 5.38. The van der Waals surface area contributed by atoms with Crippen LogP contribution in [-0.2, 0) is 0 Å². The molecule has 1 saturated carbocycles. The average Bonchev–Trinajstić information content (AvgIpc) is 2.41. The second-order valence-corrected chi connectivity index (χ2v) is 6.99. The lowest BCUT2D eigenvalue weighted by Gasteiger charge is -2.45. The van der Waals surface area contributed by atoms with Gasteiger partial charge in [-0.25, -0.2) is 0 Å². The smallest absolute Gasteiger partial charge is 0.290 e. The van der Waals surface area contributed by atoms with Crippen molar-refractivity contribution in [1.29, 1.82) is 0 Å². The van der Waals surface area contributed by atoms with Gasteiger partial charge in [-0.2, -0.15) is 4.73 Å². The van der Waals surface area contributed by atoms with Crippen LogP contribution in [0.15, 0.2) is 17.1 Å². The first-order valence-electron chi connectivity index (χ1n) is 7.47. The van der Waals surface area contributed by atoms with Crippen LogP contribution in [0.3, 0.4) is 0 Å². The van der Waals surface area contributed by atoms with E-state index in [0.29, 0.717) is 27.9 Å². The number of fused-ring (bicyclic) bond motifs is 4. The van der Waals surface area contributed by atoms with Crippen LogP contribution in [0.4, 0.5) is 0 Å². The van der Waals surface area contributed by atoms with E-state index >= 15 is 0 Å². The molecular weight excluding hydrogens is 254 g/mol. The van der Waals surface area contributed by atoms with E-state index in [1.54, 1.807) is 6.07 Å². The summed E-state index contributed by atoms with van der Waals surface area (Å²) in [5.74, 6) is 2.07. The number of rotatable bonds is 0. The van der Waals surface area contributed by atoms with Gasteiger partial charge >= 0.3 is 0 Å². The van der Waals surface area contributed by atoms with Crippen molar-refractivity contribution in [2.75, 3.05) is 0 Å². The maximum atomic E-state index is 12.3. The summed E-state index contributed by atoms with van der Waals surface area (Å²) in [5, 5.41) is 9.68. The third kappa shape index (κ3) is 1.77. The number of ether oxygens (including phenoxy) is 1. The Kier molecular flexibility index (Phi) is 2.89. The number of hydrogen-bond donors (Lipinski definition) is 1. The molecule has 1 N–H and O–H groups in total. The zero-order valence-corrected chi connectivity index (χ0v) is 12.6. The average molecular weight is 277 g/mol. The Morgan fingerprint density at radius 2 is 2.10 bits per heavy atom. The molecule has 5 atom stereocenters. The van der Waals surface area contributed by atoms with Gasteiger partial charge in [0.15, 0.2) is 0 Å². The molecule has 110 valence electrons. The van der Waals surface area contributed by atoms with Crippen molar-refractivity contribution in [2.45, 2.75) is 52.1 Å². The van der Waals surface area contributed by atoms with E-state index in [4.69, 9.17) is 4.74 Å². The fourth-order valence-electron chi connectivity index (χ4n) is 4.46. The molecule has 0 spiro atoms. The molecule has 0 saturated heterocycles. The molecule has 2 aliphatic rings. The summed E-state index contributed by atoms with van der Waals surface area (Å²) in [5.41, 5.74) is 0.0972. The van der Waals surface area contributed by atoms with Crippen LogP contribution in [0, 0.1) is 17.8 Å². The van der Waals surface area contributed by atoms with E-state index in [-0.39, 0.29) is 23.0 Å². The van der Waals surface area contributed by atoms with Crippen LogP contribution in [0.25, 0.3) is 0 Å². The summed E-state index contributed by atoms with van der Waals surface area (Å²) < 4.78 is 6.89. The first kappa shape index (κ1) is 13.5. The minimum Gasteiger partial charge on any atom is -0.487 e.